The van der Waals surface area contributed by atoms with Gasteiger partial charge in [-0.15, -0.1) is 0 Å². The van der Waals surface area contributed by atoms with E-state index in [2.05, 4.69) is 52.1 Å². The van der Waals surface area contributed by atoms with Gasteiger partial charge in [-0.1, -0.05) is 48.8 Å². The summed E-state index contributed by atoms with van der Waals surface area (Å²) in [4.78, 5) is 0. The van der Waals surface area contributed by atoms with Gasteiger partial charge < -0.3 is 5.11 Å². The molecular formula is C8H14I2O. The van der Waals surface area contributed by atoms with Gasteiger partial charge in [-0.3, -0.25) is 0 Å². The molecule has 0 aliphatic heterocycles. The third-order valence-electron chi connectivity index (χ3n) is 1.50. The molecule has 0 aliphatic rings. The number of hydrogen-bond donors (Lipinski definition) is 1. The summed E-state index contributed by atoms with van der Waals surface area (Å²) in [6.45, 7) is 2.17. The zero-order chi connectivity index (χ0) is 8.69. The molecule has 0 saturated heterocycles. The van der Waals surface area contributed by atoms with Crippen LogP contribution in [0.4, 0.5) is 0 Å². The first kappa shape index (κ1) is 12.2. The lowest BCUT2D eigenvalue weighted by atomic mass is 10.1. The maximum Gasteiger partial charge on any atom is 0.0851 e. The second-order valence-electron chi connectivity index (χ2n) is 2.51. The van der Waals surface area contributed by atoms with Gasteiger partial charge in [0.2, 0.25) is 0 Å². The Bertz CT molecular complexity index is 123. The van der Waals surface area contributed by atoms with Crippen molar-refractivity contribution in [2.45, 2.75) is 38.7 Å². The number of aliphatic hydroxyl groups is 1. The summed E-state index contributed by atoms with van der Waals surface area (Å²) in [5, 5.41) is 9.46. The van der Waals surface area contributed by atoms with Crippen LogP contribution >= 0.6 is 45.2 Å². The summed E-state index contributed by atoms with van der Waals surface area (Å²) in [5.41, 5.74) is 0. The van der Waals surface area contributed by atoms with Gasteiger partial charge >= 0.3 is 0 Å². The molecule has 0 bridgehead atoms. The molecule has 1 atom stereocenters. The van der Waals surface area contributed by atoms with Crippen LogP contribution in [0.25, 0.3) is 0 Å². The largest absolute Gasteiger partial charge is 0.388 e. The van der Waals surface area contributed by atoms with Gasteiger partial charge in [-0.25, -0.2) is 0 Å². The van der Waals surface area contributed by atoms with Crippen LogP contribution in [0.1, 0.15) is 32.6 Å². The van der Waals surface area contributed by atoms with E-state index in [0.29, 0.717) is 0 Å². The molecule has 0 fully saturated rings. The number of hydrogen-bond acceptors (Lipinski definition) is 1. The number of rotatable bonds is 5. The van der Waals surface area contributed by atoms with E-state index in [-0.39, 0.29) is 6.10 Å². The van der Waals surface area contributed by atoms with Crippen LogP contribution in [-0.4, -0.2) is 11.2 Å². The Kier molecular flexibility index (Phi) is 8.61. The van der Waals surface area contributed by atoms with Gasteiger partial charge in [0.05, 0.1) is 6.10 Å². The van der Waals surface area contributed by atoms with Gasteiger partial charge in [0, 0.05) is 3.58 Å². The maximum atomic E-state index is 9.46. The van der Waals surface area contributed by atoms with E-state index in [1.807, 2.05) is 4.08 Å². The molecule has 0 aliphatic carbocycles. The molecule has 0 spiro atoms. The highest BCUT2D eigenvalue weighted by atomic mass is 127. The van der Waals surface area contributed by atoms with Crippen molar-refractivity contribution in [1.82, 2.24) is 0 Å². The summed E-state index contributed by atoms with van der Waals surface area (Å²) < 4.78 is 2.99. The van der Waals surface area contributed by atoms with Crippen molar-refractivity contribution in [1.29, 1.82) is 0 Å². The highest BCUT2D eigenvalue weighted by molar-refractivity contribution is 14.1. The Hall–Kier alpha value is 1.16. The maximum absolute atomic E-state index is 9.46. The lowest BCUT2D eigenvalue weighted by Crippen LogP contribution is -2.05. The van der Waals surface area contributed by atoms with Crippen molar-refractivity contribution < 1.29 is 5.11 Å². The first-order chi connectivity index (χ1) is 5.22. The molecule has 0 aromatic rings. The smallest absolute Gasteiger partial charge is 0.0851 e. The molecule has 66 valence electrons. The number of aliphatic hydroxyl groups excluding tert-OH is 1. The molecule has 0 saturated carbocycles. The van der Waals surface area contributed by atoms with E-state index < -0.39 is 0 Å². The second kappa shape index (κ2) is 7.79. The fourth-order valence-corrected chi connectivity index (χ4v) is 1.52. The van der Waals surface area contributed by atoms with Gasteiger partial charge in [0.1, 0.15) is 0 Å². The van der Waals surface area contributed by atoms with E-state index in [4.69, 9.17) is 0 Å². The summed E-state index contributed by atoms with van der Waals surface area (Å²) in [6.07, 6.45) is 4.26. The van der Waals surface area contributed by atoms with Crippen molar-refractivity contribution in [2.75, 3.05) is 0 Å². The first-order valence-electron chi connectivity index (χ1n) is 3.86. The van der Waals surface area contributed by atoms with Crippen LogP contribution < -0.4 is 0 Å². The topological polar surface area (TPSA) is 20.2 Å². The predicted octanol–water partition coefficient (Wildman–Crippen LogP) is 3.64. The quantitative estimate of drug-likeness (QED) is 0.571. The molecule has 1 N–H and O–H groups in total. The van der Waals surface area contributed by atoms with E-state index in [9.17, 15) is 5.11 Å². The van der Waals surface area contributed by atoms with Crippen molar-refractivity contribution in [2.24, 2.45) is 0 Å². The van der Waals surface area contributed by atoms with Crippen LogP contribution in [0, 0.1) is 0 Å². The first-order valence-corrected chi connectivity index (χ1v) is 6.18. The Balaban J connectivity index is 3.44. The lowest BCUT2D eigenvalue weighted by molar-refractivity contribution is 0.207. The Morgan fingerprint density at radius 2 is 2.18 bits per heavy atom. The Morgan fingerprint density at radius 1 is 1.55 bits per heavy atom. The fourth-order valence-electron chi connectivity index (χ4n) is 0.798. The SMILES string of the molecule is CCCCCC(O)/C(I)=C\I. The van der Waals surface area contributed by atoms with E-state index in [0.717, 1.165) is 16.4 Å². The highest BCUT2D eigenvalue weighted by Crippen LogP contribution is 2.18. The average molecular weight is 380 g/mol. The summed E-state index contributed by atoms with van der Waals surface area (Å²) >= 11 is 4.35. The number of halogens is 2. The molecule has 0 amide bonds. The fraction of sp³-hybridized carbons (Fsp3) is 0.750. The van der Waals surface area contributed by atoms with E-state index >= 15 is 0 Å². The van der Waals surface area contributed by atoms with Gasteiger partial charge in [0.15, 0.2) is 0 Å². The molecular weight excluding hydrogens is 366 g/mol. The molecule has 1 nitrogen and oxygen atoms in total. The third-order valence-corrected chi connectivity index (χ3v) is 4.40. The highest BCUT2D eigenvalue weighted by Gasteiger charge is 2.05. The van der Waals surface area contributed by atoms with Gasteiger partial charge in [-0.05, 0) is 33.1 Å². The Morgan fingerprint density at radius 3 is 2.64 bits per heavy atom. The standard InChI is InChI=1S/C8H14I2O/c1-2-3-4-5-8(11)7(10)6-9/h6,8,11H,2-5H2,1H3/b7-6+. The van der Waals surface area contributed by atoms with E-state index in [1.165, 1.54) is 12.8 Å². The van der Waals surface area contributed by atoms with Crippen LogP contribution in [-0.2, 0) is 0 Å². The van der Waals surface area contributed by atoms with Crippen molar-refractivity contribution in [3.8, 4) is 0 Å². The normalized spacial score (nSPS) is 15.1. The zero-order valence-corrected chi connectivity index (χ0v) is 11.0. The molecule has 0 heterocycles. The molecule has 1 unspecified atom stereocenters. The molecule has 0 radical (unpaired) electrons. The van der Waals surface area contributed by atoms with E-state index in [1.54, 1.807) is 0 Å². The monoisotopic (exact) mass is 380 g/mol. The summed E-state index contributed by atoms with van der Waals surface area (Å²) in [7, 11) is 0. The molecule has 3 heteroatoms. The van der Waals surface area contributed by atoms with Crippen molar-refractivity contribution in [3.63, 3.8) is 0 Å². The molecule has 11 heavy (non-hydrogen) atoms. The van der Waals surface area contributed by atoms with Crippen molar-refractivity contribution >= 4 is 45.2 Å². The molecule has 0 aromatic carbocycles. The van der Waals surface area contributed by atoms with Crippen LogP contribution in [0.2, 0.25) is 0 Å². The van der Waals surface area contributed by atoms with Gasteiger partial charge in [0.25, 0.3) is 0 Å². The average Bonchev–Trinajstić information content (AvgIpc) is 2.03. The minimum Gasteiger partial charge on any atom is -0.388 e. The summed E-state index contributed by atoms with van der Waals surface area (Å²) in [6, 6.07) is 0. The Labute approximate surface area is 95.9 Å². The summed E-state index contributed by atoms with van der Waals surface area (Å²) in [5.74, 6) is 0. The molecule has 0 rings (SSSR count). The van der Waals surface area contributed by atoms with Crippen molar-refractivity contribution in [3.05, 3.63) is 7.66 Å². The minimum atomic E-state index is -0.223. The number of unbranched alkanes of at least 4 members (excludes halogenated alkanes) is 2. The third kappa shape index (κ3) is 6.33. The lowest BCUT2D eigenvalue weighted by Gasteiger charge is -2.07. The zero-order valence-electron chi connectivity index (χ0n) is 6.69. The van der Waals surface area contributed by atoms with Gasteiger partial charge in [-0.2, -0.15) is 0 Å². The minimum absolute atomic E-state index is 0.223. The second-order valence-corrected chi connectivity index (χ2v) is 4.37. The van der Waals surface area contributed by atoms with Crippen LogP contribution in [0.15, 0.2) is 7.66 Å². The van der Waals surface area contributed by atoms with Crippen LogP contribution in [0.5, 0.6) is 0 Å². The molecule has 0 aromatic heterocycles. The van der Waals surface area contributed by atoms with Crippen LogP contribution in [0.3, 0.4) is 0 Å². The predicted molar refractivity (Wildman–Crippen MR) is 66.3 cm³/mol.